The molecule has 0 N–H and O–H groups in total. The highest BCUT2D eigenvalue weighted by atomic mass is 16.1. The Morgan fingerprint density at radius 2 is 1.94 bits per heavy atom. The summed E-state index contributed by atoms with van der Waals surface area (Å²) in [5.41, 5.74) is 1.79. The van der Waals surface area contributed by atoms with Crippen molar-refractivity contribution in [3.05, 3.63) is 71.0 Å². The zero-order chi connectivity index (χ0) is 12.4. The highest BCUT2D eigenvalue weighted by molar-refractivity contribution is 5.78. The number of hydrogen-bond acceptors (Lipinski definition) is 3. The lowest BCUT2D eigenvalue weighted by Crippen LogP contribution is -2.21. The zero-order valence-corrected chi connectivity index (χ0v) is 9.65. The standard InChI is InChI=1S/C14H11N3O/c18-14-16-7-2-8-17(14)10-11-4-5-13-12(9-11)3-1-6-15-13/h1-9H,10H2. The Balaban J connectivity index is 2.01. The molecule has 0 saturated heterocycles. The largest absolute Gasteiger partial charge is 0.347 e. The molecule has 0 atom stereocenters. The lowest BCUT2D eigenvalue weighted by molar-refractivity contribution is 0.727. The molecule has 88 valence electrons. The Morgan fingerprint density at radius 3 is 2.83 bits per heavy atom. The maximum atomic E-state index is 11.5. The van der Waals surface area contributed by atoms with E-state index in [1.165, 1.54) is 6.20 Å². The molecule has 0 fully saturated rings. The maximum Gasteiger partial charge on any atom is 0.347 e. The van der Waals surface area contributed by atoms with Crippen molar-refractivity contribution in [3.63, 3.8) is 0 Å². The monoisotopic (exact) mass is 237 g/mol. The molecule has 2 aromatic heterocycles. The number of benzene rings is 1. The molecule has 4 heteroatoms. The summed E-state index contributed by atoms with van der Waals surface area (Å²) < 4.78 is 1.58. The summed E-state index contributed by atoms with van der Waals surface area (Å²) in [5.74, 6) is 0. The van der Waals surface area contributed by atoms with Crippen molar-refractivity contribution in [1.82, 2.24) is 14.5 Å². The van der Waals surface area contributed by atoms with Crippen LogP contribution < -0.4 is 5.69 Å². The van der Waals surface area contributed by atoms with Gasteiger partial charge in [0.25, 0.3) is 0 Å². The molecule has 0 aliphatic rings. The summed E-state index contributed by atoms with van der Waals surface area (Å²) in [6.45, 7) is 0.525. The first kappa shape index (κ1) is 10.7. The second-order valence-electron chi connectivity index (χ2n) is 4.06. The van der Waals surface area contributed by atoms with Crippen molar-refractivity contribution in [1.29, 1.82) is 0 Å². The summed E-state index contributed by atoms with van der Waals surface area (Å²) in [6.07, 6.45) is 5.01. The van der Waals surface area contributed by atoms with Crippen LogP contribution in [0.3, 0.4) is 0 Å². The molecule has 2 heterocycles. The van der Waals surface area contributed by atoms with Crippen LogP contribution in [-0.2, 0) is 6.54 Å². The molecule has 3 aromatic rings. The van der Waals surface area contributed by atoms with Crippen molar-refractivity contribution >= 4 is 10.9 Å². The van der Waals surface area contributed by atoms with Crippen LogP contribution in [0.25, 0.3) is 10.9 Å². The SMILES string of the molecule is O=c1ncccn1Cc1ccc2ncccc2c1. The smallest absolute Gasteiger partial charge is 0.295 e. The van der Waals surface area contributed by atoms with E-state index in [-0.39, 0.29) is 5.69 Å². The molecule has 0 amide bonds. The van der Waals surface area contributed by atoms with E-state index >= 15 is 0 Å². The van der Waals surface area contributed by atoms with Crippen LogP contribution in [0.1, 0.15) is 5.56 Å². The van der Waals surface area contributed by atoms with E-state index in [1.807, 2.05) is 30.3 Å². The first-order valence-corrected chi connectivity index (χ1v) is 5.68. The van der Waals surface area contributed by atoms with Crippen molar-refractivity contribution in [2.24, 2.45) is 0 Å². The van der Waals surface area contributed by atoms with Gasteiger partial charge in [-0.15, -0.1) is 0 Å². The summed E-state index contributed by atoms with van der Waals surface area (Å²) in [7, 11) is 0. The lowest BCUT2D eigenvalue weighted by atomic mass is 10.1. The second-order valence-corrected chi connectivity index (χ2v) is 4.06. The predicted octanol–water partition coefficient (Wildman–Crippen LogP) is 1.84. The molecule has 0 aliphatic carbocycles. The molecule has 0 saturated carbocycles. The molecule has 0 aliphatic heterocycles. The van der Waals surface area contributed by atoms with Crippen LogP contribution in [-0.4, -0.2) is 14.5 Å². The van der Waals surface area contributed by atoms with Crippen molar-refractivity contribution in [3.8, 4) is 0 Å². The van der Waals surface area contributed by atoms with Gasteiger partial charge in [0.05, 0.1) is 12.1 Å². The number of aromatic nitrogens is 3. The van der Waals surface area contributed by atoms with Gasteiger partial charge in [0.1, 0.15) is 0 Å². The van der Waals surface area contributed by atoms with Gasteiger partial charge in [-0.25, -0.2) is 9.78 Å². The normalized spacial score (nSPS) is 10.7. The quantitative estimate of drug-likeness (QED) is 0.683. The zero-order valence-electron chi connectivity index (χ0n) is 9.65. The highest BCUT2D eigenvalue weighted by Gasteiger charge is 2.00. The van der Waals surface area contributed by atoms with Gasteiger partial charge in [0, 0.05) is 24.0 Å². The Kier molecular flexibility index (Phi) is 2.61. The molecule has 3 rings (SSSR count). The van der Waals surface area contributed by atoms with Crippen LogP contribution in [0.4, 0.5) is 0 Å². The van der Waals surface area contributed by atoms with E-state index < -0.39 is 0 Å². The molecule has 0 radical (unpaired) electrons. The van der Waals surface area contributed by atoms with Crippen molar-refractivity contribution < 1.29 is 0 Å². The van der Waals surface area contributed by atoms with Gasteiger partial charge in [0.2, 0.25) is 0 Å². The average molecular weight is 237 g/mol. The molecule has 4 nitrogen and oxygen atoms in total. The van der Waals surface area contributed by atoms with E-state index in [1.54, 1.807) is 23.0 Å². The van der Waals surface area contributed by atoms with Crippen LogP contribution >= 0.6 is 0 Å². The second kappa shape index (κ2) is 4.41. The van der Waals surface area contributed by atoms with Crippen molar-refractivity contribution in [2.75, 3.05) is 0 Å². The molecular formula is C14H11N3O. The minimum absolute atomic E-state index is 0.233. The maximum absolute atomic E-state index is 11.5. The van der Waals surface area contributed by atoms with Gasteiger partial charge in [-0.1, -0.05) is 12.1 Å². The Bertz CT molecular complexity index is 749. The number of fused-ring (bicyclic) bond motifs is 1. The van der Waals surface area contributed by atoms with Crippen LogP contribution in [0.2, 0.25) is 0 Å². The minimum Gasteiger partial charge on any atom is -0.295 e. The van der Waals surface area contributed by atoms with E-state index in [0.717, 1.165) is 16.5 Å². The van der Waals surface area contributed by atoms with Gasteiger partial charge >= 0.3 is 5.69 Å². The van der Waals surface area contributed by atoms with Crippen LogP contribution in [0, 0.1) is 0 Å². The Hall–Kier alpha value is -2.49. The van der Waals surface area contributed by atoms with E-state index in [9.17, 15) is 4.79 Å². The molecular weight excluding hydrogens is 226 g/mol. The summed E-state index contributed by atoms with van der Waals surface area (Å²) in [5, 5.41) is 1.08. The fourth-order valence-electron chi connectivity index (χ4n) is 1.93. The Morgan fingerprint density at radius 1 is 1.06 bits per heavy atom. The van der Waals surface area contributed by atoms with Crippen LogP contribution in [0.5, 0.6) is 0 Å². The molecule has 18 heavy (non-hydrogen) atoms. The van der Waals surface area contributed by atoms with Gasteiger partial charge in [-0.2, -0.15) is 0 Å². The first-order valence-electron chi connectivity index (χ1n) is 5.68. The minimum atomic E-state index is -0.233. The molecule has 1 aromatic carbocycles. The molecule has 0 bridgehead atoms. The number of nitrogens with zero attached hydrogens (tertiary/aromatic N) is 3. The van der Waals surface area contributed by atoms with E-state index in [4.69, 9.17) is 0 Å². The summed E-state index contributed by atoms with van der Waals surface area (Å²) in [4.78, 5) is 19.5. The fraction of sp³-hybridized carbons (Fsp3) is 0.0714. The summed E-state index contributed by atoms with van der Waals surface area (Å²) >= 11 is 0. The first-order chi connectivity index (χ1) is 8.83. The predicted molar refractivity (Wildman–Crippen MR) is 69.3 cm³/mol. The molecule has 0 unspecified atom stereocenters. The van der Waals surface area contributed by atoms with Gasteiger partial charge in [-0.05, 0) is 29.8 Å². The third kappa shape index (κ3) is 2.00. The topological polar surface area (TPSA) is 47.8 Å². The average Bonchev–Trinajstić information content (AvgIpc) is 2.41. The van der Waals surface area contributed by atoms with Gasteiger partial charge in [-0.3, -0.25) is 9.55 Å². The van der Waals surface area contributed by atoms with Gasteiger partial charge in [0.15, 0.2) is 0 Å². The number of hydrogen-bond donors (Lipinski definition) is 0. The van der Waals surface area contributed by atoms with E-state index in [0.29, 0.717) is 6.54 Å². The number of pyridine rings is 1. The highest BCUT2D eigenvalue weighted by Crippen LogP contribution is 2.13. The number of rotatable bonds is 2. The third-order valence-corrected chi connectivity index (χ3v) is 2.80. The van der Waals surface area contributed by atoms with E-state index in [2.05, 4.69) is 9.97 Å². The van der Waals surface area contributed by atoms with Crippen LogP contribution in [0.15, 0.2) is 59.8 Å². The Labute approximate surface area is 104 Å². The van der Waals surface area contributed by atoms with Gasteiger partial charge < -0.3 is 0 Å². The summed E-state index contributed by atoms with van der Waals surface area (Å²) in [6, 6.07) is 11.7. The third-order valence-electron chi connectivity index (χ3n) is 2.80. The molecule has 0 spiro atoms. The lowest BCUT2D eigenvalue weighted by Gasteiger charge is -2.05. The van der Waals surface area contributed by atoms with Crippen molar-refractivity contribution in [2.45, 2.75) is 6.54 Å². The fourth-order valence-corrected chi connectivity index (χ4v) is 1.93.